The smallest absolute Gasteiger partial charge is 0.146 e. The Bertz CT molecular complexity index is 984. The number of rotatable bonds is 5. The molecule has 1 atom stereocenters. The van der Waals surface area contributed by atoms with Gasteiger partial charge < -0.3 is 10.1 Å². The zero-order chi connectivity index (χ0) is 19.6. The van der Waals surface area contributed by atoms with E-state index in [0.717, 1.165) is 73.8 Å². The zero-order valence-corrected chi connectivity index (χ0v) is 17.7. The van der Waals surface area contributed by atoms with E-state index in [4.69, 9.17) is 14.7 Å². The molecule has 2 aliphatic rings. The van der Waals surface area contributed by atoms with Crippen molar-refractivity contribution in [2.24, 2.45) is 5.92 Å². The molecule has 0 saturated carbocycles. The standard InChI is InChI=1S/C22H27N5OS/c1-15-5-6-17-18(12-15)29-22-20(17)21(24-13-16-4-2-3-7-23-16)25-19(26-22)14-27-8-10-28-11-9-27/h2-4,7,15H,5-6,8-14H2,1H3,(H,24,25,26)/t15-/m0/s1. The van der Waals surface area contributed by atoms with E-state index in [1.165, 1.54) is 22.2 Å². The van der Waals surface area contributed by atoms with E-state index in [0.29, 0.717) is 6.54 Å². The third-order valence-corrected chi connectivity index (χ3v) is 6.98. The molecule has 0 unspecified atom stereocenters. The Morgan fingerprint density at radius 2 is 2.14 bits per heavy atom. The number of morpholine rings is 1. The van der Waals surface area contributed by atoms with Gasteiger partial charge in [-0.15, -0.1) is 11.3 Å². The van der Waals surface area contributed by atoms with Crippen LogP contribution in [0.2, 0.25) is 0 Å². The van der Waals surface area contributed by atoms with E-state index >= 15 is 0 Å². The number of pyridine rings is 1. The Hall–Kier alpha value is -2.09. The Kier molecular flexibility index (Phi) is 5.44. The Labute approximate surface area is 175 Å². The number of hydrogen-bond acceptors (Lipinski definition) is 7. The van der Waals surface area contributed by atoms with E-state index in [9.17, 15) is 0 Å². The summed E-state index contributed by atoms with van der Waals surface area (Å²) < 4.78 is 5.48. The fourth-order valence-corrected chi connectivity index (χ4v) is 5.62. The van der Waals surface area contributed by atoms with Crippen LogP contribution in [0.1, 0.15) is 35.3 Å². The molecule has 29 heavy (non-hydrogen) atoms. The van der Waals surface area contributed by atoms with Crippen molar-refractivity contribution in [2.75, 3.05) is 31.6 Å². The number of aromatic nitrogens is 3. The highest BCUT2D eigenvalue weighted by molar-refractivity contribution is 7.19. The van der Waals surface area contributed by atoms with Gasteiger partial charge in [-0.3, -0.25) is 9.88 Å². The first-order valence-corrected chi connectivity index (χ1v) is 11.3. The molecule has 0 aromatic carbocycles. The first-order chi connectivity index (χ1) is 14.3. The number of anilines is 1. The summed E-state index contributed by atoms with van der Waals surface area (Å²) >= 11 is 1.87. The van der Waals surface area contributed by atoms with Gasteiger partial charge in [-0.05, 0) is 42.9 Å². The molecule has 0 radical (unpaired) electrons. The molecule has 0 spiro atoms. The lowest BCUT2D eigenvalue weighted by Crippen LogP contribution is -2.36. The normalized spacial score (nSPS) is 20.0. The molecule has 0 amide bonds. The fourth-order valence-electron chi connectivity index (χ4n) is 4.22. The minimum absolute atomic E-state index is 0.672. The maximum absolute atomic E-state index is 5.48. The second-order valence-corrected chi connectivity index (χ2v) is 9.17. The molecule has 0 bridgehead atoms. The molecule has 6 nitrogen and oxygen atoms in total. The van der Waals surface area contributed by atoms with Gasteiger partial charge in [-0.2, -0.15) is 0 Å². The van der Waals surface area contributed by atoms with E-state index in [1.807, 2.05) is 35.7 Å². The number of thiophene rings is 1. The molecular formula is C22H27N5OS. The first-order valence-electron chi connectivity index (χ1n) is 10.5. The maximum Gasteiger partial charge on any atom is 0.146 e. The number of hydrogen-bond donors (Lipinski definition) is 1. The van der Waals surface area contributed by atoms with Gasteiger partial charge in [0.15, 0.2) is 0 Å². The van der Waals surface area contributed by atoms with Gasteiger partial charge in [-0.25, -0.2) is 9.97 Å². The van der Waals surface area contributed by atoms with Crippen molar-refractivity contribution in [1.29, 1.82) is 0 Å². The highest BCUT2D eigenvalue weighted by Gasteiger charge is 2.24. The molecule has 1 N–H and O–H groups in total. The Balaban J connectivity index is 1.49. The highest BCUT2D eigenvalue weighted by Crippen LogP contribution is 2.40. The third kappa shape index (κ3) is 4.13. The molecule has 3 aromatic rings. The van der Waals surface area contributed by atoms with Gasteiger partial charge in [0.25, 0.3) is 0 Å². The van der Waals surface area contributed by atoms with Crippen molar-refractivity contribution in [3.05, 3.63) is 46.4 Å². The number of fused-ring (bicyclic) bond motifs is 3. The fraction of sp³-hybridized carbons (Fsp3) is 0.500. The van der Waals surface area contributed by atoms with Crippen LogP contribution >= 0.6 is 11.3 Å². The lowest BCUT2D eigenvalue weighted by Gasteiger charge is -2.26. The quantitative estimate of drug-likeness (QED) is 0.694. The molecule has 4 heterocycles. The highest BCUT2D eigenvalue weighted by atomic mass is 32.1. The number of nitrogens with one attached hydrogen (secondary N) is 1. The summed E-state index contributed by atoms with van der Waals surface area (Å²) in [5.74, 6) is 2.62. The molecule has 1 aliphatic carbocycles. The molecule has 1 aliphatic heterocycles. The van der Waals surface area contributed by atoms with Crippen LogP contribution in [0.5, 0.6) is 0 Å². The van der Waals surface area contributed by atoms with Crippen LogP contribution < -0.4 is 5.32 Å². The van der Waals surface area contributed by atoms with Crippen LogP contribution in [0.15, 0.2) is 24.4 Å². The minimum Gasteiger partial charge on any atom is -0.379 e. The summed E-state index contributed by atoms with van der Waals surface area (Å²) in [5.41, 5.74) is 2.48. The average molecular weight is 410 g/mol. The van der Waals surface area contributed by atoms with Crippen molar-refractivity contribution in [2.45, 2.75) is 39.3 Å². The van der Waals surface area contributed by atoms with Crippen molar-refractivity contribution in [3.8, 4) is 0 Å². The van der Waals surface area contributed by atoms with Crippen LogP contribution in [-0.2, 0) is 30.7 Å². The summed E-state index contributed by atoms with van der Waals surface area (Å²) in [6.45, 7) is 7.26. The molecular weight excluding hydrogens is 382 g/mol. The summed E-state index contributed by atoms with van der Waals surface area (Å²) in [7, 11) is 0. The van der Waals surface area contributed by atoms with Crippen LogP contribution in [0.4, 0.5) is 5.82 Å². The van der Waals surface area contributed by atoms with E-state index in [2.05, 4.69) is 22.1 Å². The van der Waals surface area contributed by atoms with Gasteiger partial charge in [0.2, 0.25) is 0 Å². The molecule has 5 rings (SSSR count). The maximum atomic E-state index is 5.48. The predicted octanol–water partition coefficient (Wildman–Crippen LogP) is 3.66. The van der Waals surface area contributed by atoms with Crippen LogP contribution in [0, 0.1) is 5.92 Å². The summed E-state index contributed by atoms with van der Waals surface area (Å²) in [5, 5.41) is 4.81. The van der Waals surface area contributed by atoms with Gasteiger partial charge in [0.1, 0.15) is 16.5 Å². The summed E-state index contributed by atoms with van der Waals surface area (Å²) in [4.78, 5) is 19.4. The zero-order valence-electron chi connectivity index (χ0n) is 16.9. The minimum atomic E-state index is 0.672. The molecule has 1 fully saturated rings. The molecule has 1 saturated heterocycles. The average Bonchev–Trinajstić information content (AvgIpc) is 3.11. The Morgan fingerprint density at radius 1 is 1.24 bits per heavy atom. The SMILES string of the molecule is C[C@H]1CCc2c(sc3nc(CN4CCOCC4)nc(NCc4ccccn4)c23)C1. The first kappa shape index (κ1) is 18.9. The number of aryl methyl sites for hydroxylation is 1. The van der Waals surface area contributed by atoms with E-state index in [1.54, 1.807) is 0 Å². The van der Waals surface area contributed by atoms with Crippen LogP contribution in [0.3, 0.4) is 0 Å². The van der Waals surface area contributed by atoms with Gasteiger partial charge >= 0.3 is 0 Å². The Morgan fingerprint density at radius 3 is 2.97 bits per heavy atom. The van der Waals surface area contributed by atoms with Crippen LogP contribution in [-0.4, -0.2) is 46.2 Å². The molecule has 7 heteroatoms. The van der Waals surface area contributed by atoms with Crippen molar-refractivity contribution in [3.63, 3.8) is 0 Å². The van der Waals surface area contributed by atoms with Gasteiger partial charge in [0, 0.05) is 24.2 Å². The topological polar surface area (TPSA) is 63.2 Å². The van der Waals surface area contributed by atoms with E-state index in [-0.39, 0.29) is 0 Å². The second kappa shape index (κ2) is 8.34. The van der Waals surface area contributed by atoms with Crippen molar-refractivity contribution in [1.82, 2.24) is 19.9 Å². The lowest BCUT2D eigenvalue weighted by atomic mass is 9.89. The predicted molar refractivity (Wildman–Crippen MR) is 116 cm³/mol. The molecule has 3 aromatic heterocycles. The van der Waals surface area contributed by atoms with E-state index < -0.39 is 0 Å². The van der Waals surface area contributed by atoms with Crippen LogP contribution in [0.25, 0.3) is 10.2 Å². The summed E-state index contributed by atoms with van der Waals surface area (Å²) in [6.07, 6.45) is 5.37. The molecule has 152 valence electrons. The van der Waals surface area contributed by atoms with Crippen molar-refractivity contribution < 1.29 is 4.74 Å². The third-order valence-electron chi connectivity index (χ3n) is 5.83. The largest absolute Gasteiger partial charge is 0.379 e. The second-order valence-electron chi connectivity index (χ2n) is 8.08. The monoisotopic (exact) mass is 409 g/mol. The van der Waals surface area contributed by atoms with Gasteiger partial charge in [0.05, 0.1) is 37.4 Å². The number of ether oxygens (including phenoxy) is 1. The lowest BCUT2D eigenvalue weighted by molar-refractivity contribution is 0.0331. The van der Waals surface area contributed by atoms with Gasteiger partial charge in [-0.1, -0.05) is 13.0 Å². The van der Waals surface area contributed by atoms with Crippen molar-refractivity contribution >= 4 is 27.4 Å². The summed E-state index contributed by atoms with van der Waals surface area (Å²) in [6, 6.07) is 6.02. The number of nitrogens with zero attached hydrogens (tertiary/aromatic N) is 4.